The number of rotatable bonds is 6. The average Bonchev–Trinajstić information content (AvgIpc) is 3.13. The Hall–Kier alpha value is -2.82. The molecule has 0 aliphatic heterocycles. The molecule has 0 radical (unpaired) electrons. The normalized spacial score (nSPS) is 19.1. The fourth-order valence-electron chi connectivity index (χ4n) is 3.27. The minimum Gasteiger partial charge on any atom is -0.487 e. The van der Waals surface area contributed by atoms with E-state index in [9.17, 15) is 9.59 Å². The highest BCUT2D eigenvalue weighted by Gasteiger charge is 2.34. The molecular weight excluding hydrogens is 330 g/mol. The molecule has 2 atom stereocenters. The van der Waals surface area contributed by atoms with Crippen molar-refractivity contribution in [3.05, 3.63) is 59.7 Å². The molecule has 1 aliphatic rings. The van der Waals surface area contributed by atoms with Crippen LogP contribution in [-0.2, 0) is 16.2 Å². The molecule has 0 saturated heterocycles. The number of ether oxygens (including phenoxy) is 1. The summed E-state index contributed by atoms with van der Waals surface area (Å²) in [7, 11) is 0. The maximum Gasteiger partial charge on any atom is 0.306 e. The lowest BCUT2D eigenvalue weighted by atomic mass is 10.0. The number of nitrogens with one attached hydrogen (secondary N) is 1. The minimum atomic E-state index is -0.817. The first-order chi connectivity index (χ1) is 12.5. The molecule has 0 unspecified atom stereocenters. The molecule has 2 aromatic rings. The van der Waals surface area contributed by atoms with Crippen LogP contribution in [-0.4, -0.2) is 17.0 Å². The van der Waals surface area contributed by atoms with Gasteiger partial charge in [0, 0.05) is 5.92 Å². The number of aliphatic carboxylic acids is 1. The van der Waals surface area contributed by atoms with Crippen molar-refractivity contribution in [1.29, 1.82) is 0 Å². The lowest BCUT2D eigenvalue weighted by molar-refractivity contribution is -0.141. The molecule has 5 heteroatoms. The van der Waals surface area contributed by atoms with Gasteiger partial charge in [0.05, 0.1) is 11.6 Å². The standard InChI is InChI=1S/C21H23NO4/c1-14-7-10-18(19(11-14)26-13-15-5-3-2-4-6-15)22-20(23)16-8-9-17(12-16)21(24)25/h2-7,10-11,16-17H,8-9,12-13H2,1H3,(H,22,23)(H,24,25)/t16-,17+/m1/s1. The molecule has 0 bridgehead atoms. The summed E-state index contributed by atoms with van der Waals surface area (Å²) in [5, 5.41) is 12.0. The smallest absolute Gasteiger partial charge is 0.306 e. The van der Waals surface area contributed by atoms with Crippen LogP contribution in [0.1, 0.15) is 30.4 Å². The Morgan fingerprint density at radius 2 is 1.85 bits per heavy atom. The minimum absolute atomic E-state index is 0.137. The number of carbonyl (C=O) groups is 2. The molecular formula is C21H23NO4. The summed E-state index contributed by atoms with van der Waals surface area (Å²) in [6.07, 6.45) is 1.56. The Balaban J connectivity index is 1.67. The molecule has 2 aromatic carbocycles. The zero-order valence-corrected chi connectivity index (χ0v) is 14.8. The molecule has 5 nitrogen and oxygen atoms in total. The van der Waals surface area contributed by atoms with Gasteiger partial charge in [-0.15, -0.1) is 0 Å². The third kappa shape index (κ3) is 4.42. The van der Waals surface area contributed by atoms with Gasteiger partial charge in [-0.05, 0) is 49.4 Å². The monoisotopic (exact) mass is 353 g/mol. The molecule has 1 fully saturated rings. The highest BCUT2D eigenvalue weighted by molar-refractivity contribution is 5.94. The maximum atomic E-state index is 12.5. The third-order valence-corrected chi connectivity index (χ3v) is 4.78. The summed E-state index contributed by atoms with van der Waals surface area (Å²) < 4.78 is 5.92. The van der Waals surface area contributed by atoms with Crippen molar-refractivity contribution in [2.75, 3.05) is 5.32 Å². The number of anilines is 1. The second-order valence-corrected chi connectivity index (χ2v) is 6.81. The third-order valence-electron chi connectivity index (χ3n) is 4.78. The Morgan fingerprint density at radius 3 is 2.54 bits per heavy atom. The van der Waals surface area contributed by atoms with Crippen LogP contribution in [0.2, 0.25) is 0 Å². The first kappa shape index (κ1) is 18.0. The number of amides is 1. The molecule has 1 saturated carbocycles. The maximum absolute atomic E-state index is 12.5. The number of hydrogen-bond donors (Lipinski definition) is 2. The van der Waals surface area contributed by atoms with Crippen LogP contribution >= 0.6 is 0 Å². The zero-order chi connectivity index (χ0) is 18.5. The molecule has 0 spiro atoms. The van der Waals surface area contributed by atoms with Crippen LogP contribution in [0.4, 0.5) is 5.69 Å². The number of hydrogen-bond acceptors (Lipinski definition) is 3. The van der Waals surface area contributed by atoms with Crippen molar-refractivity contribution in [1.82, 2.24) is 0 Å². The van der Waals surface area contributed by atoms with E-state index in [1.807, 2.05) is 55.5 Å². The van der Waals surface area contributed by atoms with Gasteiger partial charge in [0.15, 0.2) is 0 Å². The van der Waals surface area contributed by atoms with E-state index in [1.54, 1.807) is 0 Å². The van der Waals surface area contributed by atoms with Gasteiger partial charge in [0.2, 0.25) is 5.91 Å². The van der Waals surface area contributed by atoms with Crippen LogP contribution in [0.5, 0.6) is 5.75 Å². The summed E-state index contributed by atoms with van der Waals surface area (Å²) >= 11 is 0. The Bertz CT molecular complexity index is 788. The largest absolute Gasteiger partial charge is 0.487 e. The summed E-state index contributed by atoms with van der Waals surface area (Å²) in [5.74, 6) is -1.02. The van der Waals surface area contributed by atoms with Gasteiger partial charge >= 0.3 is 5.97 Å². The van der Waals surface area contributed by atoms with Crippen molar-refractivity contribution in [3.8, 4) is 5.75 Å². The van der Waals surface area contributed by atoms with E-state index in [0.29, 0.717) is 37.3 Å². The topological polar surface area (TPSA) is 75.6 Å². The molecule has 0 heterocycles. The Morgan fingerprint density at radius 1 is 1.12 bits per heavy atom. The van der Waals surface area contributed by atoms with Crippen LogP contribution in [0.25, 0.3) is 0 Å². The fraction of sp³-hybridized carbons (Fsp3) is 0.333. The van der Waals surface area contributed by atoms with Crippen LogP contribution in [0.3, 0.4) is 0 Å². The quantitative estimate of drug-likeness (QED) is 0.823. The lowest BCUT2D eigenvalue weighted by Gasteiger charge is -2.16. The molecule has 136 valence electrons. The van der Waals surface area contributed by atoms with E-state index >= 15 is 0 Å². The molecule has 26 heavy (non-hydrogen) atoms. The number of carbonyl (C=O) groups excluding carboxylic acids is 1. The van der Waals surface area contributed by atoms with Crippen molar-refractivity contribution in [2.45, 2.75) is 32.8 Å². The summed E-state index contributed by atoms with van der Waals surface area (Å²) in [6, 6.07) is 15.5. The van der Waals surface area contributed by atoms with Crippen LogP contribution in [0.15, 0.2) is 48.5 Å². The molecule has 1 amide bonds. The Kier molecular flexibility index (Phi) is 5.56. The zero-order valence-electron chi connectivity index (χ0n) is 14.8. The van der Waals surface area contributed by atoms with E-state index in [0.717, 1.165) is 11.1 Å². The first-order valence-corrected chi connectivity index (χ1v) is 8.84. The van der Waals surface area contributed by atoms with Crippen molar-refractivity contribution < 1.29 is 19.4 Å². The van der Waals surface area contributed by atoms with Crippen molar-refractivity contribution in [2.24, 2.45) is 11.8 Å². The van der Waals surface area contributed by atoms with E-state index < -0.39 is 11.9 Å². The molecule has 1 aliphatic carbocycles. The van der Waals surface area contributed by atoms with Crippen molar-refractivity contribution in [3.63, 3.8) is 0 Å². The SMILES string of the molecule is Cc1ccc(NC(=O)[C@@H]2CC[C@H](C(=O)O)C2)c(OCc2ccccc2)c1. The van der Waals surface area contributed by atoms with Gasteiger partial charge < -0.3 is 15.2 Å². The van der Waals surface area contributed by atoms with Gasteiger partial charge in [-0.1, -0.05) is 36.4 Å². The van der Waals surface area contributed by atoms with Gasteiger partial charge in [0.25, 0.3) is 0 Å². The van der Waals surface area contributed by atoms with Gasteiger partial charge in [0.1, 0.15) is 12.4 Å². The second-order valence-electron chi connectivity index (χ2n) is 6.81. The lowest BCUT2D eigenvalue weighted by Crippen LogP contribution is -2.22. The fourth-order valence-corrected chi connectivity index (χ4v) is 3.27. The van der Waals surface area contributed by atoms with E-state index in [2.05, 4.69) is 5.32 Å². The highest BCUT2D eigenvalue weighted by atomic mass is 16.5. The summed E-state index contributed by atoms with van der Waals surface area (Å²) in [5.41, 5.74) is 2.71. The predicted molar refractivity (Wildman–Crippen MR) is 99.0 cm³/mol. The van der Waals surface area contributed by atoms with E-state index in [4.69, 9.17) is 9.84 Å². The summed E-state index contributed by atoms with van der Waals surface area (Å²) in [6.45, 7) is 2.38. The van der Waals surface area contributed by atoms with Crippen LogP contribution in [0, 0.1) is 18.8 Å². The second kappa shape index (κ2) is 8.04. The highest BCUT2D eigenvalue weighted by Crippen LogP contribution is 2.33. The molecule has 0 aromatic heterocycles. The van der Waals surface area contributed by atoms with Gasteiger partial charge in [-0.25, -0.2) is 0 Å². The number of carboxylic acids is 1. The Labute approximate surface area is 153 Å². The van der Waals surface area contributed by atoms with Crippen molar-refractivity contribution >= 4 is 17.6 Å². The van der Waals surface area contributed by atoms with Gasteiger partial charge in [-0.3, -0.25) is 9.59 Å². The predicted octanol–water partition coefficient (Wildman–Crippen LogP) is 4.01. The average molecular weight is 353 g/mol. The first-order valence-electron chi connectivity index (χ1n) is 8.84. The number of aryl methyl sites for hydroxylation is 1. The molecule has 3 rings (SSSR count). The van der Waals surface area contributed by atoms with E-state index in [-0.39, 0.29) is 11.8 Å². The van der Waals surface area contributed by atoms with E-state index in [1.165, 1.54) is 0 Å². The molecule has 2 N–H and O–H groups in total. The van der Waals surface area contributed by atoms with Gasteiger partial charge in [-0.2, -0.15) is 0 Å². The summed E-state index contributed by atoms with van der Waals surface area (Å²) in [4.78, 5) is 23.6. The number of benzene rings is 2. The number of carboxylic acid groups (broad SMARTS) is 1. The van der Waals surface area contributed by atoms with Crippen LogP contribution < -0.4 is 10.1 Å².